The van der Waals surface area contributed by atoms with Gasteiger partial charge in [0.1, 0.15) is 23.5 Å². The average Bonchev–Trinajstić information content (AvgIpc) is 3.17. The highest BCUT2D eigenvalue weighted by Gasteiger charge is 2.46. The number of aromatic hydroxyl groups is 1. The summed E-state index contributed by atoms with van der Waals surface area (Å²) in [6, 6.07) is 18.4. The number of hydrogen-bond donors (Lipinski definition) is 2. The summed E-state index contributed by atoms with van der Waals surface area (Å²) >= 11 is 0. The van der Waals surface area contributed by atoms with Crippen LogP contribution in [0.2, 0.25) is 0 Å². The summed E-state index contributed by atoms with van der Waals surface area (Å²) in [5, 5.41) is 12.7. The number of rotatable bonds is 8. The molecule has 0 spiro atoms. The second kappa shape index (κ2) is 9.58. The van der Waals surface area contributed by atoms with Crippen molar-refractivity contribution < 1.29 is 33.8 Å². The van der Waals surface area contributed by atoms with Crippen LogP contribution in [-0.2, 0) is 14.3 Å². The van der Waals surface area contributed by atoms with E-state index in [-0.39, 0.29) is 16.9 Å². The Morgan fingerprint density at radius 1 is 1.00 bits per heavy atom. The van der Waals surface area contributed by atoms with Crippen molar-refractivity contribution in [1.82, 2.24) is 0 Å². The van der Waals surface area contributed by atoms with E-state index in [1.165, 1.54) is 30.3 Å². The largest absolute Gasteiger partial charge is 0.507 e. The first kappa shape index (κ1) is 22.7. The molecule has 1 aliphatic rings. The Morgan fingerprint density at radius 3 is 2.38 bits per heavy atom. The molecule has 0 radical (unpaired) electrons. The number of esters is 1. The van der Waals surface area contributed by atoms with Crippen LogP contribution in [0.1, 0.15) is 39.3 Å². The summed E-state index contributed by atoms with van der Waals surface area (Å²) in [6.45, 7) is 2.31. The number of hydrogen-bond acceptors (Lipinski definition) is 7. The van der Waals surface area contributed by atoms with Crippen LogP contribution in [0.15, 0.2) is 72.8 Å². The first-order valence-electron chi connectivity index (χ1n) is 10.6. The number of amides is 1. The van der Waals surface area contributed by atoms with E-state index in [0.717, 1.165) is 0 Å². The van der Waals surface area contributed by atoms with Gasteiger partial charge in [0.2, 0.25) is 5.78 Å². The maximum Gasteiger partial charge on any atom is 0.339 e. The number of phenolic OH excluding ortho intramolecular Hbond substituents is 1. The Morgan fingerprint density at radius 2 is 1.68 bits per heavy atom. The van der Waals surface area contributed by atoms with Crippen molar-refractivity contribution in [2.45, 2.75) is 13.0 Å². The number of Topliss-reactive ketones (excluding diaryl/α,β-unsaturated/α-hetero) is 2. The summed E-state index contributed by atoms with van der Waals surface area (Å²) < 4.78 is 10.7. The van der Waals surface area contributed by atoms with Crippen molar-refractivity contribution in [3.63, 3.8) is 0 Å². The lowest BCUT2D eigenvalue weighted by Crippen LogP contribution is -2.38. The molecule has 1 aliphatic heterocycles. The number of ketones is 2. The summed E-state index contributed by atoms with van der Waals surface area (Å²) in [5.74, 6) is -5.14. The van der Waals surface area contributed by atoms with Crippen molar-refractivity contribution in [2.24, 2.45) is 5.92 Å². The van der Waals surface area contributed by atoms with E-state index >= 15 is 0 Å². The molecule has 0 bridgehead atoms. The second-order valence-electron chi connectivity index (χ2n) is 7.55. The van der Waals surface area contributed by atoms with E-state index in [9.17, 15) is 24.3 Å². The van der Waals surface area contributed by atoms with Gasteiger partial charge in [0.15, 0.2) is 5.78 Å². The van der Waals surface area contributed by atoms with Gasteiger partial charge in [0.25, 0.3) is 5.91 Å². The Labute approximate surface area is 195 Å². The van der Waals surface area contributed by atoms with Crippen molar-refractivity contribution in [3.8, 4) is 11.5 Å². The first-order chi connectivity index (χ1) is 16.4. The van der Waals surface area contributed by atoms with E-state index < -0.39 is 35.5 Å². The lowest BCUT2D eigenvalue weighted by atomic mass is 9.84. The lowest BCUT2D eigenvalue weighted by molar-refractivity contribution is -0.138. The third kappa shape index (κ3) is 4.38. The van der Waals surface area contributed by atoms with Crippen LogP contribution in [0.3, 0.4) is 0 Å². The molecule has 172 valence electrons. The Hall–Kier alpha value is -4.46. The molecule has 0 unspecified atom stereocenters. The fourth-order valence-electron chi connectivity index (χ4n) is 3.80. The van der Waals surface area contributed by atoms with Crippen LogP contribution in [-0.4, -0.2) is 35.2 Å². The normalized spacial score (nSPS) is 15.1. The van der Waals surface area contributed by atoms with Gasteiger partial charge in [-0.05, 0) is 49.4 Å². The van der Waals surface area contributed by atoms with Crippen molar-refractivity contribution >= 4 is 29.1 Å². The fourth-order valence-corrected chi connectivity index (χ4v) is 3.80. The first-order valence-corrected chi connectivity index (χ1v) is 10.6. The van der Waals surface area contributed by atoms with Crippen molar-refractivity contribution in [1.29, 1.82) is 0 Å². The summed E-state index contributed by atoms with van der Waals surface area (Å²) in [6.07, 6.45) is -1.31. The van der Waals surface area contributed by atoms with Crippen LogP contribution in [0.5, 0.6) is 11.5 Å². The maximum atomic E-state index is 13.4. The Bertz CT molecular complexity index is 1270. The summed E-state index contributed by atoms with van der Waals surface area (Å²) in [5.41, 5.74) is 0.695. The number of phenols is 1. The molecule has 8 nitrogen and oxygen atoms in total. The molecule has 34 heavy (non-hydrogen) atoms. The smallest absolute Gasteiger partial charge is 0.339 e. The number of anilines is 1. The fraction of sp³-hybridized carbons (Fsp3) is 0.154. The maximum absolute atomic E-state index is 13.4. The van der Waals surface area contributed by atoms with Gasteiger partial charge >= 0.3 is 5.97 Å². The Kier molecular flexibility index (Phi) is 6.40. The minimum Gasteiger partial charge on any atom is -0.507 e. The molecule has 0 fully saturated rings. The van der Waals surface area contributed by atoms with E-state index in [1.807, 2.05) is 6.92 Å². The molecular formula is C26H21NO7. The van der Waals surface area contributed by atoms with Crippen LogP contribution >= 0.6 is 0 Å². The van der Waals surface area contributed by atoms with Gasteiger partial charge in [0.05, 0.1) is 17.7 Å². The van der Waals surface area contributed by atoms with Crippen molar-refractivity contribution in [2.75, 3.05) is 11.9 Å². The van der Waals surface area contributed by atoms with E-state index in [0.29, 0.717) is 23.6 Å². The minimum atomic E-state index is -1.69. The highest BCUT2D eigenvalue weighted by atomic mass is 16.5. The lowest BCUT2D eigenvalue weighted by Gasteiger charge is -2.21. The number of nitrogens with one attached hydrogen (secondary N) is 1. The van der Waals surface area contributed by atoms with Crippen LogP contribution in [0, 0.1) is 5.92 Å². The number of para-hydroxylation sites is 1. The minimum absolute atomic E-state index is 0.157. The zero-order chi connectivity index (χ0) is 24.2. The van der Waals surface area contributed by atoms with Gasteiger partial charge in [0, 0.05) is 11.3 Å². The SMILES string of the molecule is CCOc1ccc(NC(=O)C(=O)[C@@H](C(=O)c2ccccc2O)[C@@H]2OC(=O)c3ccccc32)cc1. The van der Waals surface area contributed by atoms with Gasteiger partial charge in [-0.3, -0.25) is 14.4 Å². The van der Waals surface area contributed by atoms with Crippen molar-refractivity contribution in [3.05, 3.63) is 89.5 Å². The van der Waals surface area contributed by atoms with Gasteiger partial charge < -0.3 is 19.9 Å². The molecule has 3 aromatic carbocycles. The molecule has 3 aromatic rings. The topological polar surface area (TPSA) is 119 Å². The number of ether oxygens (including phenoxy) is 2. The van der Waals surface area contributed by atoms with Gasteiger partial charge in [-0.25, -0.2) is 4.79 Å². The number of carbonyl (C=O) groups excluding carboxylic acids is 4. The molecule has 0 saturated carbocycles. The molecule has 2 N–H and O–H groups in total. The molecule has 0 saturated heterocycles. The van der Waals surface area contributed by atoms with Gasteiger partial charge in [-0.1, -0.05) is 30.3 Å². The highest BCUT2D eigenvalue weighted by molar-refractivity contribution is 6.45. The predicted octanol–water partition coefficient (Wildman–Crippen LogP) is 3.71. The van der Waals surface area contributed by atoms with E-state index in [2.05, 4.69) is 5.32 Å². The third-order valence-electron chi connectivity index (χ3n) is 5.41. The average molecular weight is 459 g/mol. The molecule has 4 rings (SSSR count). The molecular weight excluding hydrogens is 438 g/mol. The summed E-state index contributed by atoms with van der Waals surface area (Å²) in [4.78, 5) is 52.0. The molecule has 0 aliphatic carbocycles. The van der Waals surface area contributed by atoms with Gasteiger partial charge in [-0.15, -0.1) is 0 Å². The predicted molar refractivity (Wildman–Crippen MR) is 122 cm³/mol. The molecule has 0 aromatic heterocycles. The zero-order valence-electron chi connectivity index (χ0n) is 18.2. The number of carbonyl (C=O) groups is 4. The molecule has 1 amide bonds. The van der Waals surface area contributed by atoms with Crippen LogP contribution < -0.4 is 10.1 Å². The monoisotopic (exact) mass is 459 g/mol. The van der Waals surface area contributed by atoms with Crippen LogP contribution in [0.25, 0.3) is 0 Å². The quantitative estimate of drug-likeness (QED) is 0.228. The molecule has 1 heterocycles. The van der Waals surface area contributed by atoms with Crippen LogP contribution in [0.4, 0.5) is 5.69 Å². The highest BCUT2D eigenvalue weighted by Crippen LogP contribution is 2.39. The third-order valence-corrected chi connectivity index (χ3v) is 5.41. The molecule has 8 heteroatoms. The number of fused-ring (bicyclic) bond motifs is 1. The van der Waals surface area contributed by atoms with E-state index in [4.69, 9.17) is 9.47 Å². The second-order valence-corrected chi connectivity index (χ2v) is 7.55. The van der Waals surface area contributed by atoms with Gasteiger partial charge in [-0.2, -0.15) is 0 Å². The zero-order valence-corrected chi connectivity index (χ0v) is 18.2. The number of cyclic esters (lactones) is 1. The van der Waals surface area contributed by atoms with E-state index in [1.54, 1.807) is 42.5 Å². The summed E-state index contributed by atoms with van der Waals surface area (Å²) in [7, 11) is 0. The number of benzene rings is 3. The molecule has 2 atom stereocenters. The standard InChI is InChI=1S/C26H21NO7/c1-2-33-16-13-11-15(12-14-16)27-25(31)23(30)21(22(29)19-9-5-6-10-20(19)28)24-17-7-3-4-8-18(17)26(32)34-24/h3-14,21,24,28H,2H2,1H3,(H,27,31)/t21-,24-/m1/s1. The Balaban J connectivity index is 1.67.